The molecule has 13 heavy (non-hydrogen) atoms. The van der Waals surface area contributed by atoms with Crippen LogP contribution in [0.5, 0.6) is 11.5 Å². The Morgan fingerprint density at radius 2 is 2.08 bits per heavy atom. The largest absolute Gasteiger partial charge is 0.707 e. The van der Waals surface area contributed by atoms with E-state index >= 15 is 0 Å². The number of hydrogen-bond donors (Lipinski definition) is 3. The van der Waals surface area contributed by atoms with E-state index in [1.54, 1.807) is 6.07 Å². The summed E-state index contributed by atoms with van der Waals surface area (Å²) in [5.41, 5.74) is 5.91. The van der Waals surface area contributed by atoms with E-state index in [1.807, 2.05) is 0 Å². The second-order valence-corrected chi connectivity index (χ2v) is 2.35. The van der Waals surface area contributed by atoms with Gasteiger partial charge in [0.05, 0.1) is 12.8 Å². The van der Waals surface area contributed by atoms with E-state index in [-0.39, 0.29) is 5.75 Å². The topological polar surface area (TPSA) is 84.9 Å². The Morgan fingerprint density at radius 1 is 1.38 bits per heavy atom. The summed E-state index contributed by atoms with van der Waals surface area (Å²) in [6.45, 7) is 0. The van der Waals surface area contributed by atoms with Crippen LogP contribution < -0.4 is 15.1 Å². The summed E-state index contributed by atoms with van der Waals surface area (Å²) in [6.07, 6.45) is 0. The average molecular weight is 183 g/mol. The number of benzene rings is 1. The number of rotatable bonds is 3. The first kappa shape index (κ1) is 9.69. The Kier molecular flexibility index (Phi) is 3.00. The summed E-state index contributed by atoms with van der Waals surface area (Å²) in [7, 11) is -0.347. The van der Waals surface area contributed by atoms with E-state index in [4.69, 9.17) is 20.5 Å². The van der Waals surface area contributed by atoms with Crippen molar-refractivity contribution in [1.29, 1.82) is 0 Å². The van der Waals surface area contributed by atoms with Crippen molar-refractivity contribution in [3.05, 3.63) is 18.2 Å². The zero-order valence-corrected chi connectivity index (χ0v) is 7.10. The van der Waals surface area contributed by atoms with Crippen LogP contribution in [0, 0.1) is 0 Å². The van der Waals surface area contributed by atoms with Gasteiger partial charge in [0.25, 0.3) is 0 Å². The van der Waals surface area contributed by atoms with Gasteiger partial charge in [0.15, 0.2) is 0 Å². The second kappa shape index (κ2) is 4.02. The smallest absolute Gasteiger partial charge is 0.512 e. The minimum atomic E-state index is -1.84. The molecule has 0 aliphatic heterocycles. The van der Waals surface area contributed by atoms with Crippen LogP contribution in [-0.4, -0.2) is 24.5 Å². The Morgan fingerprint density at radius 3 is 2.54 bits per heavy atom. The highest BCUT2D eigenvalue weighted by atomic mass is 16.6. The fourth-order valence-corrected chi connectivity index (χ4v) is 0.907. The molecule has 1 rings (SSSR count). The lowest BCUT2D eigenvalue weighted by Crippen LogP contribution is -2.20. The summed E-state index contributed by atoms with van der Waals surface area (Å²) in [4.78, 5) is 0. The molecule has 0 saturated carbocycles. The van der Waals surface area contributed by atoms with E-state index < -0.39 is 7.32 Å². The zero-order chi connectivity index (χ0) is 9.84. The van der Waals surface area contributed by atoms with E-state index in [1.165, 1.54) is 19.2 Å². The third-order valence-corrected chi connectivity index (χ3v) is 1.44. The lowest BCUT2D eigenvalue weighted by Gasteiger charge is -2.08. The van der Waals surface area contributed by atoms with Crippen molar-refractivity contribution < 1.29 is 19.4 Å². The second-order valence-electron chi connectivity index (χ2n) is 2.35. The van der Waals surface area contributed by atoms with Crippen LogP contribution in [-0.2, 0) is 0 Å². The number of anilines is 1. The molecule has 0 heterocycles. The molecule has 0 atom stereocenters. The first-order valence-corrected chi connectivity index (χ1v) is 3.60. The Hall–Kier alpha value is -1.40. The van der Waals surface area contributed by atoms with Crippen molar-refractivity contribution in [2.45, 2.75) is 0 Å². The quantitative estimate of drug-likeness (QED) is 0.439. The molecule has 5 nitrogen and oxygen atoms in total. The highest BCUT2D eigenvalue weighted by Gasteiger charge is 2.11. The molecular formula is C7H10BNO4. The number of methoxy groups -OCH3 is 1. The van der Waals surface area contributed by atoms with Gasteiger partial charge in [-0.15, -0.1) is 0 Å². The zero-order valence-electron chi connectivity index (χ0n) is 7.10. The molecule has 0 aliphatic carbocycles. The van der Waals surface area contributed by atoms with Gasteiger partial charge in [-0.05, 0) is 12.1 Å². The molecule has 0 spiro atoms. The predicted molar refractivity (Wildman–Crippen MR) is 48.2 cm³/mol. The Bertz CT molecular complexity index is 292. The normalized spacial score (nSPS) is 9.46. The van der Waals surface area contributed by atoms with Gasteiger partial charge >= 0.3 is 7.32 Å². The SMILES string of the molecule is COc1ccc(OB(O)O)cc1N. The Balaban J connectivity index is 2.83. The van der Waals surface area contributed by atoms with Gasteiger partial charge in [-0.2, -0.15) is 0 Å². The van der Waals surface area contributed by atoms with Crippen molar-refractivity contribution >= 4 is 13.0 Å². The van der Waals surface area contributed by atoms with Crippen LogP contribution in [0.4, 0.5) is 5.69 Å². The van der Waals surface area contributed by atoms with Gasteiger partial charge in [-0.25, -0.2) is 0 Å². The average Bonchev–Trinajstić information content (AvgIpc) is 2.03. The number of hydrogen-bond acceptors (Lipinski definition) is 5. The van der Waals surface area contributed by atoms with Crippen LogP contribution >= 0.6 is 0 Å². The van der Waals surface area contributed by atoms with Crippen LogP contribution in [0.25, 0.3) is 0 Å². The summed E-state index contributed by atoms with van der Waals surface area (Å²) >= 11 is 0. The van der Waals surface area contributed by atoms with Crippen molar-refractivity contribution in [2.75, 3.05) is 12.8 Å². The van der Waals surface area contributed by atoms with Gasteiger partial charge in [0.2, 0.25) is 0 Å². The van der Waals surface area contributed by atoms with Gasteiger partial charge in [0.1, 0.15) is 11.5 Å². The predicted octanol–water partition coefficient (Wildman–Crippen LogP) is -0.374. The molecule has 0 aromatic heterocycles. The molecule has 0 radical (unpaired) electrons. The van der Waals surface area contributed by atoms with Gasteiger partial charge in [-0.1, -0.05) is 0 Å². The third kappa shape index (κ3) is 2.53. The molecule has 0 saturated heterocycles. The molecule has 0 bridgehead atoms. The van der Waals surface area contributed by atoms with E-state index in [0.717, 1.165) is 0 Å². The van der Waals surface area contributed by atoms with Gasteiger partial charge < -0.3 is 25.2 Å². The van der Waals surface area contributed by atoms with E-state index in [2.05, 4.69) is 4.65 Å². The first-order chi connectivity index (χ1) is 6.13. The standard InChI is InChI=1S/C7H10BNO4/c1-12-7-3-2-5(4-6(7)9)13-8(10)11/h2-4,10-11H,9H2,1H3. The summed E-state index contributed by atoms with van der Waals surface area (Å²) < 4.78 is 9.47. The minimum absolute atomic E-state index is 0.272. The maximum absolute atomic E-state index is 8.48. The maximum atomic E-state index is 8.48. The summed E-state index contributed by atoms with van der Waals surface area (Å²) in [5, 5.41) is 17.0. The highest BCUT2D eigenvalue weighted by molar-refractivity contribution is 6.33. The third-order valence-electron chi connectivity index (χ3n) is 1.44. The maximum Gasteiger partial charge on any atom is 0.707 e. The first-order valence-electron chi connectivity index (χ1n) is 3.60. The highest BCUT2D eigenvalue weighted by Crippen LogP contribution is 2.25. The number of nitrogen functional groups attached to an aromatic ring is 1. The van der Waals surface area contributed by atoms with E-state index in [0.29, 0.717) is 11.4 Å². The van der Waals surface area contributed by atoms with Crippen LogP contribution in [0.3, 0.4) is 0 Å². The summed E-state index contributed by atoms with van der Waals surface area (Å²) in [5.74, 6) is 0.785. The minimum Gasteiger partial charge on any atom is -0.512 e. The molecule has 0 unspecified atom stereocenters. The van der Waals surface area contributed by atoms with Crippen LogP contribution in [0.1, 0.15) is 0 Å². The lowest BCUT2D eigenvalue weighted by molar-refractivity contribution is 0.288. The monoisotopic (exact) mass is 183 g/mol. The van der Waals surface area contributed by atoms with E-state index in [9.17, 15) is 0 Å². The molecule has 70 valence electrons. The Labute approximate surface area is 75.9 Å². The number of ether oxygens (including phenoxy) is 1. The van der Waals surface area contributed by atoms with Crippen molar-refractivity contribution in [2.24, 2.45) is 0 Å². The van der Waals surface area contributed by atoms with Crippen molar-refractivity contribution in [3.63, 3.8) is 0 Å². The molecule has 1 aromatic rings. The van der Waals surface area contributed by atoms with Crippen LogP contribution in [0.2, 0.25) is 0 Å². The molecule has 6 heteroatoms. The molecule has 0 fully saturated rings. The number of nitrogens with two attached hydrogens (primary N) is 1. The molecule has 0 amide bonds. The molecule has 4 N–H and O–H groups in total. The molecule has 0 aliphatic rings. The van der Waals surface area contributed by atoms with Gasteiger partial charge in [-0.3, -0.25) is 0 Å². The fraction of sp³-hybridized carbons (Fsp3) is 0.143. The molecule has 1 aromatic carbocycles. The molecular weight excluding hydrogens is 173 g/mol. The van der Waals surface area contributed by atoms with Gasteiger partial charge in [0, 0.05) is 6.07 Å². The van der Waals surface area contributed by atoms with Crippen molar-refractivity contribution in [1.82, 2.24) is 0 Å². The van der Waals surface area contributed by atoms with Crippen molar-refractivity contribution in [3.8, 4) is 11.5 Å². The van der Waals surface area contributed by atoms with Crippen LogP contribution in [0.15, 0.2) is 18.2 Å². The fourth-order valence-electron chi connectivity index (χ4n) is 0.907. The lowest BCUT2D eigenvalue weighted by atomic mass is 10.2. The summed E-state index contributed by atoms with van der Waals surface area (Å²) in [6, 6.07) is 4.54.